The van der Waals surface area contributed by atoms with Gasteiger partial charge in [0.2, 0.25) is 0 Å². The van der Waals surface area contributed by atoms with Gasteiger partial charge in [-0.1, -0.05) is 19.1 Å². The second kappa shape index (κ2) is 9.78. The van der Waals surface area contributed by atoms with E-state index in [-0.39, 0.29) is 11.8 Å². The van der Waals surface area contributed by atoms with E-state index in [2.05, 4.69) is 5.32 Å². The summed E-state index contributed by atoms with van der Waals surface area (Å²) in [6, 6.07) is 10.5. The van der Waals surface area contributed by atoms with E-state index >= 15 is 0 Å². The number of amides is 2. The maximum atomic E-state index is 13.0. The minimum atomic E-state index is -0.294. The molecular formula is C22H28N2O4. The molecule has 1 N–H and O–H groups in total. The molecule has 0 aliphatic rings. The Morgan fingerprint density at radius 3 is 2.11 bits per heavy atom. The molecule has 2 aromatic carbocycles. The Bertz CT molecular complexity index is 844. The molecule has 0 radical (unpaired) electrons. The van der Waals surface area contributed by atoms with Crippen molar-refractivity contribution < 1.29 is 19.1 Å². The molecule has 2 amide bonds. The summed E-state index contributed by atoms with van der Waals surface area (Å²) in [5.74, 6) is 0.659. The van der Waals surface area contributed by atoms with Gasteiger partial charge in [-0.2, -0.15) is 0 Å². The second-order valence-electron chi connectivity index (χ2n) is 6.20. The van der Waals surface area contributed by atoms with Crippen LogP contribution in [0.2, 0.25) is 0 Å². The van der Waals surface area contributed by atoms with Gasteiger partial charge in [0.15, 0.2) is 11.5 Å². The molecule has 0 bridgehead atoms. The normalized spacial score (nSPS) is 10.3. The lowest BCUT2D eigenvalue weighted by Crippen LogP contribution is -2.31. The first-order valence-electron chi connectivity index (χ1n) is 9.45. The van der Waals surface area contributed by atoms with Gasteiger partial charge in [0, 0.05) is 18.7 Å². The number of ether oxygens (including phenoxy) is 2. The molecule has 0 aliphatic heterocycles. The molecule has 0 saturated carbocycles. The zero-order valence-corrected chi connectivity index (χ0v) is 17.2. The maximum Gasteiger partial charge on any atom is 0.256 e. The lowest BCUT2D eigenvalue weighted by molar-refractivity contribution is 0.0774. The van der Waals surface area contributed by atoms with Crippen LogP contribution in [0.4, 0.5) is 5.69 Å². The van der Waals surface area contributed by atoms with Crippen molar-refractivity contribution in [3.63, 3.8) is 0 Å². The van der Waals surface area contributed by atoms with E-state index in [0.29, 0.717) is 47.8 Å². The summed E-state index contributed by atoms with van der Waals surface area (Å²) in [5, 5.41) is 2.89. The number of rotatable bonds is 8. The van der Waals surface area contributed by atoms with Crippen molar-refractivity contribution in [2.45, 2.75) is 27.2 Å². The Morgan fingerprint density at radius 2 is 1.54 bits per heavy atom. The van der Waals surface area contributed by atoms with Crippen LogP contribution < -0.4 is 14.8 Å². The van der Waals surface area contributed by atoms with Gasteiger partial charge in [0.1, 0.15) is 0 Å². The zero-order valence-electron chi connectivity index (χ0n) is 17.2. The van der Waals surface area contributed by atoms with Crippen LogP contribution in [0.1, 0.15) is 47.1 Å². The number of nitrogens with one attached hydrogen (secondary N) is 1. The van der Waals surface area contributed by atoms with Crippen LogP contribution in [0.5, 0.6) is 11.5 Å². The number of aryl methyl sites for hydroxylation is 1. The minimum absolute atomic E-state index is 0.107. The summed E-state index contributed by atoms with van der Waals surface area (Å²) in [6.45, 7) is 7.04. The average Bonchev–Trinajstić information content (AvgIpc) is 2.73. The third kappa shape index (κ3) is 4.44. The molecule has 6 heteroatoms. The highest BCUT2D eigenvalue weighted by Gasteiger charge is 2.20. The van der Waals surface area contributed by atoms with E-state index in [1.807, 2.05) is 20.8 Å². The van der Waals surface area contributed by atoms with E-state index in [1.54, 1.807) is 48.4 Å². The van der Waals surface area contributed by atoms with Crippen molar-refractivity contribution in [1.82, 2.24) is 4.90 Å². The molecule has 0 aromatic heterocycles. The number of nitrogens with zero attached hydrogens (tertiary/aromatic N) is 1. The lowest BCUT2D eigenvalue weighted by Gasteiger charge is -2.21. The number of methoxy groups -OCH3 is 2. The molecule has 0 heterocycles. The van der Waals surface area contributed by atoms with E-state index in [9.17, 15) is 9.59 Å². The van der Waals surface area contributed by atoms with Crippen LogP contribution in [0.3, 0.4) is 0 Å². The Labute approximate surface area is 166 Å². The third-order valence-electron chi connectivity index (χ3n) is 4.69. The van der Waals surface area contributed by atoms with E-state index in [1.165, 1.54) is 7.11 Å². The van der Waals surface area contributed by atoms with Crippen molar-refractivity contribution >= 4 is 17.5 Å². The van der Waals surface area contributed by atoms with Gasteiger partial charge in [0.25, 0.3) is 11.8 Å². The monoisotopic (exact) mass is 384 g/mol. The highest BCUT2D eigenvalue weighted by molar-refractivity contribution is 6.09. The van der Waals surface area contributed by atoms with Crippen LogP contribution in [0.25, 0.3) is 0 Å². The molecule has 2 rings (SSSR count). The summed E-state index contributed by atoms with van der Waals surface area (Å²) in [7, 11) is 3.09. The fraction of sp³-hybridized carbons (Fsp3) is 0.364. The van der Waals surface area contributed by atoms with Gasteiger partial charge < -0.3 is 19.7 Å². The molecule has 6 nitrogen and oxygen atoms in total. The van der Waals surface area contributed by atoms with E-state index in [4.69, 9.17) is 9.47 Å². The van der Waals surface area contributed by atoms with Crippen LogP contribution >= 0.6 is 0 Å². The zero-order chi connectivity index (χ0) is 20.7. The molecule has 0 saturated heterocycles. The number of para-hydroxylation sites is 1. The maximum absolute atomic E-state index is 13.0. The van der Waals surface area contributed by atoms with Gasteiger partial charge >= 0.3 is 0 Å². The van der Waals surface area contributed by atoms with E-state index in [0.717, 1.165) is 5.56 Å². The van der Waals surface area contributed by atoms with Gasteiger partial charge in [-0.25, -0.2) is 0 Å². The Kier molecular flexibility index (Phi) is 7.44. The van der Waals surface area contributed by atoms with Crippen molar-refractivity contribution in [2.24, 2.45) is 0 Å². The molecule has 0 aliphatic carbocycles. The van der Waals surface area contributed by atoms with Crippen LogP contribution in [-0.2, 0) is 6.42 Å². The Morgan fingerprint density at radius 1 is 0.929 bits per heavy atom. The van der Waals surface area contributed by atoms with Crippen LogP contribution in [-0.4, -0.2) is 44.0 Å². The van der Waals surface area contributed by atoms with Crippen molar-refractivity contribution in [2.75, 3.05) is 32.6 Å². The highest BCUT2D eigenvalue weighted by atomic mass is 16.5. The molecule has 0 spiro atoms. The van der Waals surface area contributed by atoms with Gasteiger partial charge in [-0.05, 0) is 50.1 Å². The summed E-state index contributed by atoms with van der Waals surface area (Å²) in [5.41, 5.74) is 2.28. The van der Waals surface area contributed by atoms with Crippen LogP contribution in [0.15, 0.2) is 36.4 Å². The van der Waals surface area contributed by atoms with Crippen molar-refractivity contribution in [3.8, 4) is 11.5 Å². The summed E-state index contributed by atoms with van der Waals surface area (Å²) < 4.78 is 10.7. The SMILES string of the molecule is CCc1cc(OC)c(OC)cc1C(=O)Nc1ccccc1C(=O)N(CC)CC. The first kappa shape index (κ1) is 21.3. The number of benzene rings is 2. The fourth-order valence-corrected chi connectivity index (χ4v) is 3.07. The molecular weight excluding hydrogens is 356 g/mol. The Hall–Kier alpha value is -3.02. The smallest absolute Gasteiger partial charge is 0.256 e. The number of carbonyl (C=O) groups is 2. The molecule has 150 valence electrons. The largest absolute Gasteiger partial charge is 0.493 e. The van der Waals surface area contributed by atoms with Crippen molar-refractivity contribution in [1.29, 1.82) is 0 Å². The summed E-state index contributed by atoms with van der Waals surface area (Å²) >= 11 is 0. The Balaban J connectivity index is 2.40. The topological polar surface area (TPSA) is 67.9 Å². The number of anilines is 1. The van der Waals surface area contributed by atoms with E-state index < -0.39 is 0 Å². The predicted octanol–water partition coefficient (Wildman–Crippen LogP) is 4.00. The second-order valence-corrected chi connectivity index (χ2v) is 6.20. The van der Waals surface area contributed by atoms with Crippen molar-refractivity contribution in [3.05, 3.63) is 53.1 Å². The number of hydrogen-bond acceptors (Lipinski definition) is 4. The first-order valence-corrected chi connectivity index (χ1v) is 9.45. The predicted molar refractivity (Wildman–Crippen MR) is 111 cm³/mol. The fourth-order valence-electron chi connectivity index (χ4n) is 3.07. The minimum Gasteiger partial charge on any atom is -0.493 e. The standard InChI is InChI=1S/C22H28N2O4/c1-6-15-13-19(27-4)20(28-5)14-17(15)21(25)23-18-12-10-9-11-16(18)22(26)24(7-2)8-3/h9-14H,6-8H2,1-5H3,(H,23,25). The first-order chi connectivity index (χ1) is 13.5. The third-order valence-corrected chi connectivity index (χ3v) is 4.69. The highest BCUT2D eigenvalue weighted by Crippen LogP contribution is 2.31. The van der Waals surface area contributed by atoms with Gasteiger partial charge in [-0.3, -0.25) is 9.59 Å². The number of carbonyl (C=O) groups excluding carboxylic acids is 2. The average molecular weight is 384 g/mol. The molecule has 0 fully saturated rings. The lowest BCUT2D eigenvalue weighted by atomic mass is 10.0. The summed E-state index contributed by atoms with van der Waals surface area (Å²) in [6.07, 6.45) is 0.656. The molecule has 0 unspecified atom stereocenters. The molecule has 0 atom stereocenters. The quantitative estimate of drug-likeness (QED) is 0.747. The number of hydrogen-bond donors (Lipinski definition) is 1. The summed E-state index contributed by atoms with van der Waals surface area (Å²) in [4.78, 5) is 27.5. The van der Waals surface area contributed by atoms with Gasteiger partial charge in [0.05, 0.1) is 25.5 Å². The van der Waals surface area contributed by atoms with Gasteiger partial charge in [-0.15, -0.1) is 0 Å². The molecule has 28 heavy (non-hydrogen) atoms. The molecule has 2 aromatic rings. The van der Waals surface area contributed by atoms with Crippen LogP contribution in [0, 0.1) is 0 Å².